The first kappa shape index (κ1) is 9.78. The van der Waals surface area contributed by atoms with Gasteiger partial charge in [0.1, 0.15) is 0 Å². The van der Waals surface area contributed by atoms with Crippen molar-refractivity contribution in [2.24, 2.45) is 0 Å². The van der Waals surface area contributed by atoms with Gasteiger partial charge in [0.05, 0.1) is 0 Å². The van der Waals surface area contributed by atoms with Crippen LogP contribution >= 0.6 is 0 Å². The number of carbonyl (C=O) groups excluding carboxylic acids is 1. The van der Waals surface area contributed by atoms with Gasteiger partial charge in [-0.2, -0.15) is 0 Å². The SMILES string of the molecule is C[CH]C(=O)c1ccccc1N(C)C. The average molecular weight is 176 g/mol. The number of anilines is 1. The molecule has 1 aromatic rings. The molecule has 0 aliphatic heterocycles. The van der Waals surface area contributed by atoms with E-state index in [1.807, 2.05) is 43.3 Å². The molecular weight excluding hydrogens is 162 g/mol. The number of para-hydroxylation sites is 1. The van der Waals surface area contributed by atoms with E-state index in [9.17, 15) is 4.79 Å². The largest absolute Gasteiger partial charge is 0.377 e. The van der Waals surface area contributed by atoms with Crippen LogP contribution in [0.15, 0.2) is 24.3 Å². The molecule has 69 valence electrons. The van der Waals surface area contributed by atoms with Crippen molar-refractivity contribution in [2.45, 2.75) is 6.92 Å². The molecule has 1 aromatic carbocycles. The third-order valence-corrected chi connectivity index (χ3v) is 1.91. The van der Waals surface area contributed by atoms with E-state index in [4.69, 9.17) is 0 Å². The summed E-state index contributed by atoms with van der Waals surface area (Å²) >= 11 is 0. The zero-order chi connectivity index (χ0) is 9.84. The normalized spacial score (nSPS) is 9.77. The summed E-state index contributed by atoms with van der Waals surface area (Å²) in [5.74, 6) is 0.0734. The van der Waals surface area contributed by atoms with Crippen LogP contribution in [-0.4, -0.2) is 19.9 Å². The van der Waals surface area contributed by atoms with Crippen molar-refractivity contribution in [1.29, 1.82) is 0 Å². The molecule has 0 unspecified atom stereocenters. The molecule has 0 aromatic heterocycles. The van der Waals surface area contributed by atoms with E-state index in [1.165, 1.54) is 0 Å². The molecule has 0 saturated carbocycles. The van der Waals surface area contributed by atoms with Gasteiger partial charge in [0.15, 0.2) is 5.78 Å². The third kappa shape index (κ3) is 2.08. The highest BCUT2D eigenvalue weighted by Crippen LogP contribution is 2.18. The maximum Gasteiger partial charge on any atom is 0.168 e. The van der Waals surface area contributed by atoms with E-state index in [0.29, 0.717) is 0 Å². The van der Waals surface area contributed by atoms with Gasteiger partial charge in [0, 0.05) is 31.8 Å². The van der Waals surface area contributed by atoms with Crippen molar-refractivity contribution >= 4 is 11.5 Å². The van der Waals surface area contributed by atoms with Gasteiger partial charge >= 0.3 is 0 Å². The Morgan fingerprint density at radius 2 is 1.92 bits per heavy atom. The maximum atomic E-state index is 11.5. The molecule has 0 atom stereocenters. The molecule has 0 amide bonds. The highest BCUT2D eigenvalue weighted by atomic mass is 16.1. The second-order valence-electron chi connectivity index (χ2n) is 3.06. The molecule has 0 N–H and O–H groups in total. The van der Waals surface area contributed by atoms with E-state index in [1.54, 1.807) is 13.3 Å². The van der Waals surface area contributed by atoms with Gasteiger partial charge in [-0.1, -0.05) is 19.1 Å². The summed E-state index contributed by atoms with van der Waals surface area (Å²) in [7, 11) is 3.86. The molecule has 0 saturated heterocycles. The van der Waals surface area contributed by atoms with Crippen LogP contribution in [0.1, 0.15) is 17.3 Å². The predicted molar refractivity (Wildman–Crippen MR) is 55.1 cm³/mol. The number of carbonyl (C=O) groups is 1. The van der Waals surface area contributed by atoms with Gasteiger partial charge in [-0.3, -0.25) is 4.79 Å². The van der Waals surface area contributed by atoms with Crippen LogP contribution in [0.25, 0.3) is 0 Å². The Kier molecular flexibility index (Phi) is 3.07. The Morgan fingerprint density at radius 1 is 1.31 bits per heavy atom. The lowest BCUT2D eigenvalue weighted by Crippen LogP contribution is -2.13. The first-order valence-electron chi connectivity index (χ1n) is 4.27. The fourth-order valence-corrected chi connectivity index (χ4v) is 1.23. The van der Waals surface area contributed by atoms with Gasteiger partial charge in [-0.25, -0.2) is 0 Å². The highest BCUT2D eigenvalue weighted by Gasteiger charge is 2.09. The molecule has 13 heavy (non-hydrogen) atoms. The Bertz CT molecular complexity index is 305. The second-order valence-corrected chi connectivity index (χ2v) is 3.06. The van der Waals surface area contributed by atoms with E-state index >= 15 is 0 Å². The minimum Gasteiger partial charge on any atom is -0.377 e. The number of rotatable bonds is 3. The number of hydrogen-bond acceptors (Lipinski definition) is 2. The molecule has 1 rings (SSSR count). The quantitative estimate of drug-likeness (QED) is 0.658. The first-order chi connectivity index (χ1) is 6.16. The summed E-state index contributed by atoms with van der Waals surface area (Å²) in [6.45, 7) is 1.76. The number of nitrogens with zero attached hydrogens (tertiary/aromatic N) is 1. The smallest absolute Gasteiger partial charge is 0.168 e. The van der Waals surface area contributed by atoms with Crippen LogP contribution in [0.2, 0.25) is 0 Å². The summed E-state index contributed by atoms with van der Waals surface area (Å²) in [6, 6.07) is 7.60. The highest BCUT2D eigenvalue weighted by molar-refractivity contribution is 6.06. The number of benzene rings is 1. The monoisotopic (exact) mass is 176 g/mol. The van der Waals surface area contributed by atoms with Crippen molar-refractivity contribution in [2.75, 3.05) is 19.0 Å². The minimum absolute atomic E-state index is 0.0734. The Morgan fingerprint density at radius 3 is 2.46 bits per heavy atom. The van der Waals surface area contributed by atoms with Gasteiger partial charge in [-0.05, 0) is 12.1 Å². The minimum atomic E-state index is 0.0734. The summed E-state index contributed by atoms with van der Waals surface area (Å²) < 4.78 is 0. The maximum absolute atomic E-state index is 11.5. The first-order valence-corrected chi connectivity index (χ1v) is 4.27. The van der Waals surface area contributed by atoms with E-state index in [2.05, 4.69) is 0 Å². The lowest BCUT2D eigenvalue weighted by molar-refractivity contribution is 0.103. The molecule has 0 fully saturated rings. The molecule has 0 aliphatic carbocycles. The molecule has 2 nitrogen and oxygen atoms in total. The number of ketones is 1. The Balaban J connectivity index is 3.12. The predicted octanol–water partition coefficient (Wildman–Crippen LogP) is 2.16. The molecule has 2 heteroatoms. The van der Waals surface area contributed by atoms with Crippen molar-refractivity contribution < 1.29 is 4.79 Å². The van der Waals surface area contributed by atoms with Crippen LogP contribution in [0.5, 0.6) is 0 Å². The van der Waals surface area contributed by atoms with Crippen LogP contribution in [0, 0.1) is 6.42 Å². The molecule has 0 heterocycles. The summed E-state index contributed by atoms with van der Waals surface area (Å²) in [4.78, 5) is 13.4. The lowest BCUT2D eigenvalue weighted by atomic mass is 10.1. The fraction of sp³-hybridized carbons (Fsp3) is 0.273. The summed E-state index contributed by atoms with van der Waals surface area (Å²) in [5, 5.41) is 0. The molecule has 1 radical (unpaired) electrons. The lowest BCUT2D eigenvalue weighted by Gasteiger charge is -2.15. The van der Waals surface area contributed by atoms with E-state index in [0.717, 1.165) is 11.3 Å². The van der Waals surface area contributed by atoms with Crippen molar-refractivity contribution in [3.05, 3.63) is 36.2 Å². The second kappa shape index (κ2) is 4.08. The van der Waals surface area contributed by atoms with Gasteiger partial charge < -0.3 is 4.90 Å². The number of hydrogen-bond donors (Lipinski definition) is 0. The summed E-state index contributed by atoms with van der Waals surface area (Å²) in [6.07, 6.45) is 1.59. The van der Waals surface area contributed by atoms with Crippen molar-refractivity contribution in [1.82, 2.24) is 0 Å². The van der Waals surface area contributed by atoms with E-state index < -0.39 is 0 Å². The van der Waals surface area contributed by atoms with Gasteiger partial charge in [0.2, 0.25) is 0 Å². The van der Waals surface area contributed by atoms with Crippen LogP contribution in [0.4, 0.5) is 5.69 Å². The van der Waals surface area contributed by atoms with Crippen LogP contribution < -0.4 is 4.90 Å². The summed E-state index contributed by atoms with van der Waals surface area (Å²) in [5.41, 5.74) is 1.72. The standard InChI is InChI=1S/C11H14NO/c1-4-11(13)9-7-5-6-8-10(9)12(2)3/h4-8H,1-3H3. The molecule has 0 aliphatic rings. The fourth-order valence-electron chi connectivity index (χ4n) is 1.23. The zero-order valence-corrected chi connectivity index (χ0v) is 8.24. The molecule has 0 bridgehead atoms. The van der Waals surface area contributed by atoms with Crippen molar-refractivity contribution in [3.63, 3.8) is 0 Å². The van der Waals surface area contributed by atoms with E-state index in [-0.39, 0.29) is 5.78 Å². The topological polar surface area (TPSA) is 20.3 Å². The molecular formula is C11H14NO. The van der Waals surface area contributed by atoms with Crippen LogP contribution in [-0.2, 0) is 0 Å². The van der Waals surface area contributed by atoms with Gasteiger partial charge in [-0.15, -0.1) is 0 Å². The van der Waals surface area contributed by atoms with Crippen LogP contribution in [0.3, 0.4) is 0 Å². The average Bonchev–Trinajstić information content (AvgIpc) is 2.16. The third-order valence-electron chi connectivity index (χ3n) is 1.91. The molecule has 0 spiro atoms. The number of Topliss-reactive ketones (excluding diaryl/α,β-unsaturated/α-hetero) is 1. The Hall–Kier alpha value is -1.31. The van der Waals surface area contributed by atoms with Crippen molar-refractivity contribution in [3.8, 4) is 0 Å². The van der Waals surface area contributed by atoms with Gasteiger partial charge in [0.25, 0.3) is 0 Å². The zero-order valence-electron chi connectivity index (χ0n) is 8.24. The Labute approximate surface area is 79.2 Å².